The lowest BCUT2D eigenvalue weighted by Gasteiger charge is -2.04. The van der Waals surface area contributed by atoms with Crippen LogP contribution in [0.2, 0.25) is 0 Å². The molecule has 0 unspecified atom stereocenters. The molecule has 1 amide bonds. The van der Waals surface area contributed by atoms with Crippen molar-refractivity contribution in [3.63, 3.8) is 0 Å². The quantitative estimate of drug-likeness (QED) is 0.630. The lowest BCUT2D eigenvalue weighted by molar-refractivity contribution is -0.116. The molecule has 0 bridgehead atoms. The Labute approximate surface area is 118 Å². The molecule has 19 heavy (non-hydrogen) atoms. The molecule has 0 aromatic heterocycles. The molecule has 0 saturated carbocycles. The molecular formula is C16H17NOS. The largest absolute Gasteiger partial charge is 0.326 e. The number of hydrogen-bond acceptors (Lipinski definition) is 2. The van der Waals surface area contributed by atoms with Crippen LogP contribution in [0.1, 0.15) is 12.8 Å². The molecule has 0 aliphatic rings. The molecule has 1 N–H and O–H groups in total. The van der Waals surface area contributed by atoms with Gasteiger partial charge in [-0.15, -0.1) is 11.8 Å². The van der Waals surface area contributed by atoms with Crippen LogP contribution in [0.5, 0.6) is 0 Å². The van der Waals surface area contributed by atoms with E-state index < -0.39 is 0 Å². The van der Waals surface area contributed by atoms with Gasteiger partial charge in [0.25, 0.3) is 0 Å². The van der Waals surface area contributed by atoms with Crippen molar-refractivity contribution in [1.82, 2.24) is 0 Å². The van der Waals surface area contributed by atoms with Gasteiger partial charge in [-0.2, -0.15) is 0 Å². The SMILES string of the molecule is O=C(CCCSc1ccccc1)Nc1ccccc1. The highest BCUT2D eigenvalue weighted by Crippen LogP contribution is 2.18. The Bertz CT molecular complexity index is 499. The summed E-state index contributed by atoms with van der Waals surface area (Å²) in [7, 11) is 0. The minimum Gasteiger partial charge on any atom is -0.326 e. The molecule has 0 radical (unpaired) electrons. The normalized spacial score (nSPS) is 10.1. The van der Waals surface area contributed by atoms with Crippen LogP contribution in [0.25, 0.3) is 0 Å². The number of para-hydroxylation sites is 1. The summed E-state index contributed by atoms with van der Waals surface area (Å²) in [5.41, 5.74) is 0.864. The number of thioether (sulfide) groups is 1. The Kier molecular flexibility index (Phi) is 5.50. The summed E-state index contributed by atoms with van der Waals surface area (Å²) in [5.74, 6) is 1.05. The van der Waals surface area contributed by atoms with Gasteiger partial charge in [0.2, 0.25) is 5.91 Å². The number of benzene rings is 2. The van der Waals surface area contributed by atoms with E-state index in [4.69, 9.17) is 0 Å². The molecule has 0 atom stereocenters. The molecule has 0 spiro atoms. The van der Waals surface area contributed by atoms with Crippen molar-refractivity contribution >= 4 is 23.4 Å². The first-order valence-corrected chi connectivity index (χ1v) is 7.36. The van der Waals surface area contributed by atoms with E-state index in [0.29, 0.717) is 6.42 Å². The van der Waals surface area contributed by atoms with E-state index >= 15 is 0 Å². The Morgan fingerprint density at radius 1 is 0.947 bits per heavy atom. The van der Waals surface area contributed by atoms with Crippen molar-refractivity contribution in [3.8, 4) is 0 Å². The number of anilines is 1. The van der Waals surface area contributed by atoms with Crippen LogP contribution in [0.4, 0.5) is 5.69 Å². The van der Waals surface area contributed by atoms with E-state index in [1.807, 2.05) is 48.5 Å². The number of rotatable bonds is 6. The minimum atomic E-state index is 0.0832. The summed E-state index contributed by atoms with van der Waals surface area (Å²) in [6.45, 7) is 0. The third-order valence-corrected chi connectivity index (χ3v) is 3.72. The van der Waals surface area contributed by atoms with Crippen molar-refractivity contribution in [3.05, 3.63) is 60.7 Å². The fourth-order valence-corrected chi connectivity index (χ4v) is 2.56. The fraction of sp³-hybridized carbons (Fsp3) is 0.188. The molecule has 98 valence electrons. The van der Waals surface area contributed by atoms with Crippen LogP contribution in [0.3, 0.4) is 0 Å². The minimum absolute atomic E-state index is 0.0832. The molecule has 2 nitrogen and oxygen atoms in total. The van der Waals surface area contributed by atoms with Crippen LogP contribution >= 0.6 is 11.8 Å². The van der Waals surface area contributed by atoms with Crippen LogP contribution in [-0.4, -0.2) is 11.7 Å². The molecule has 0 fully saturated rings. The Balaban J connectivity index is 1.65. The van der Waals surface area contributed by atoms with E-state index in [2.05, 4.69) is 17.4 Å². The zero-order chi connectivity index (χ0) is 13.3. The number of hydrogen-bond donors (Lipinski definition) is 1. The summed E-state index contributed by atoms with van der Waals surface area (Å²) < 4.78 is 0. The molecule has 2 aromatic rings. The second-order valence-electron chi connectivity index (χ2n) is 4.18. The fourth-order valence-electron chi connectivity index (χ4n) is 1.68. The highest BCUT2D eigenvalue weighted by Gasteiger charge is 2.02. The Morgan fingerprint density at radius 2 is 1.58 bits per heavy atom. The third kappa shape index (κ3) is 5.18. The highest BCUT2D eigenvalue weighted by atomic mass is 32.2. The predicted molar refractivity (Wildman–Crippen MR) is 81.5 cm³/mol. The topological polar surface area (TPSA) is 29.1 Å². The second-order valence-corrected chi connectivity index (χ2v) is 5.35. The lowest BCUT2D eigenvalue weighted by atomic mass is 10.3. The van der Waals surface area contributed by atoms with E-state index in [9.17, 15) is 4.79 Å². The number of carbonyl (C=O) groups excluding carboxylic acids is 1. The molecule has 2 rings (SSSR count). The van der Waals surface area contributed by atoms with Gasteiger partial charge in [0.1, 0.15) is 0 Å². The van der Waals surface area contributed by atoms with Gasteiger partial charge in [0.05, 0.1) is 0 Å². The van der Waals surface area contributed by atoms with Gasteiger partial charge in [0, 0.05) is 17.0 Å². The highest BCUT2D eigenvalue weighted by molar-refractivity contribution is 7.99. The summed E-state index contributed by atoms with van der Waals surface area (Å²) in [6, 6.07) is 19.8. The predicted octanol–water partition coefficient (Wildman–Crippen LogP) is 4.20. The van der Waals surface area contributed by atoms with Crippen molar-refractivity contribution in [2.45, 2.75) is 17.7 Å². The van der Waals surface area contributed by atoms with Crippen molar-refractivity contribution in [2.24, 2.45) is 0 Å². The summed E-state index contributed by atoms with van der Waals surface area (Å²) in [5, 5.41) is 2.89. The standard InChI is InChI=1S/C16H17NOS/c18-16(17-14-8-3-1-4-9-14)12-7-13-19-15-10-5-2-6-11-15/h1-6,8-11H,7,12-13H2,(H,17,18). The van der Waals surface area contributed by atoms with E-state index in [1.165, 1.54) is 4.90 Å². The maximum absolute atomic E-state index is 11.7. The van der Waals surface area contributed by atoms with Crippen molar-refractivity contribution < 1.29 is 4.79 Å². The smallest absolute Gasteiger partial charge is 0.224 e. The van der Waals surface area contributed by atoms with Gasteiger partial charge >= 0.3 is 0 Å². The van der Waals surface area contributed by atoms with Gasteiger partial charge < -0.3 is 5.32 Å². The molecule has 0 aliphatic carbocycles. The monoisotopic (exact) mass is 271 g/mol. The van der Waals surface area contributed by atoms with Gasteiger partial charge in [-0.25, -0.2) is 0 Å². The third-order valence-electron chi connectivity index (χ3n) is 2.62. The lowest BCUT2D eigenvalue weighted by Crippen LogP contribution is -2.11. The maximum atomic E-state index is 11.7. The average molecular weight is 271 g/mol. The molecule has 0 aliphatic heterocycles. The summed E-state index contributed by atoms with van der Waals surface area (Å²) in [6.07, 6.45) is 1.45. The van der Waals surface area contributed by atoms with Gasteiger partial charge in [-0.1, -0.05) is 36.4 Å². The summed E-state index contributed by atoms with van der Waals surface area (Å²) in [4.78, 5) is 13.0. The first kappa shape index (κ1) is 13.7. The Morgan fingerprint density at radius 3 is 2.26 bits per heavy atom. The molecule has 0 heterocycles. The van der Waals surface area contributed by atoms with E-state index in [1.54, 1.807) is 11.8 Å². The number of carbonyl (C=O) groups is 1. The zero-order valence-electron chi connectivity index (χ0n) is 10.7. The van der Waals surface area contributed by atoms with Crippen LogP contribution in [0.15, 0.2) is 65.6 Å². The summed E-state index contributed by atoms with van der Waals surface area (Å²) >= 11 is 1.79. The zero-order valence-corrected chi connectivity index (χ0v) is 11.5. The van der Waals surface area contributed by atoms with E-state index in [0.717, 1.165) is 17.9 Å². The average Bonchev–Trinajstić information content (AvgIpc) is 2.46. The van der Waals surface area contributed by atoms with Crippen LogP contribution in [-0.2, 0) is 4.79 Å². The first-order chi connectivity index (χ1) is 9.34. The van der Waals surface area contributed by atoms with Gasteiger partial charge in [0.15, 0.2) is 0 Å². The first-order valence-electron chi connectivity index (χ1n) is 6.37. The van der Waals surface area contributed by atoms with Crippen molar-refractivity contribution in [2.75, 3.05) is 11.1 Å². The Hall–Kier alpha value is -1.74. The van der Waals surface area contributed by atoms with E-state index in [-0.39, 0.29) is 5.91 Å². The second kappa shape index (κ2) is 7.64. The van der Waals surface area contributed by atoms with Crippen molar-refractivity contribution in [1.29, 1.82) is 0 Å². The molecule has 3 heteroatoms. The molecule has 0 saturated heterocycles. The number of amides is 1. The van der Waals surface area contributed by atoms with Gasteiger partial charge in [-0.3, -0.25) is 4.79 Å². The number of nitrogens with one attached hydrogen (secondary N) is 1. The van der Waals surface area contributed by atoms with Crippen LogP contribution in [0, 0.1) is 0 Å². The van der Waals surface area contributed by atoms with Gasteiger partial charge in [-0.05, 0) is 36.4 Å². The maximum Gasteiger partial charge on any atom is 0.224 e. The van der Waals surface area contributed by atoms with Crippen LogP contribution < -0.4 is 5.32 Å². The molecule has 2 aromatic carbocycles. The molecular weight excluding hydrogens is 254 g/mol.